The Balaban J connectivity index is 1.91. The highest BCUT2D eigenvalue weighted by Gasteiger charge is 2.18. The second-order valence-corrected chi connectivity index (χ2v) is 8.43. The number of anilines is 1. The van der Waals surface area contributed by atoms with Gasteiger partial charge in [-0.05, 0) is 49.6 Å². The van der Waals surface area contributed by atoms with E-state index >= 15 is 0 Å². The molecule has 0 fully saturated rings. The minimum Gasteiger partial charge on any atom is -0.456 e. The molecule has 0 amide bonds. The van der Waals surface area contributed by atoms with E-state index in [1.54, 1.807) is 0 Å². The van der Waals surface area contributed by atoms with Crippen molar-refractivity contribution in [2.45, 2.75) is 46.5 Å². The van der Waals surface area contributed by atoms with E-state index in [9.17, 15) is 0 Å². The first-order valence-electron chi connectivity index (χ1n) is 11.5. The second-order valence-electron chi connectivity index (χ2n) is 8.43. The van der Waals surface area contributed by atoms with Gasteiger partial charge in [-0.1, -0.05) is 56.5 Å². The largest absolute Gasteiger partial charge is 0.456 e. The zero-order chi connectivity index (χ0) is 21.8. The number of aryl methyl sites for hydroxylation is 1. The molecule has 2 aromatic carbocycles. The smallest absolute Gasteiger partial charge is 0.137 e. The molecule has 0 spiro atoms. The van der Waals surface area contributed by atoms with E-state index in [4.69, 9.17) is 9.83 Å². The molecule has 2 aliphatic rings. The Bertz CT molecular complexity index is 1180. The van der Waals surface area contributed by atoms with Crippen molar-refractivity contribution in [2.75, 3.05) is 18.0 Å². The fourth-order valence-electron chi connectivity index (χ4n) is 4.17. The van der Waals surface area contributed by atoms with Crippen molar-refractivity contribution in [2.24, 2.45) is 0 Å². The fraction of sp³-hybridized carbons (Fsp3) is 0.321. The van der Waals surface area contributed by atoms with Crippen LogP contribution >= 0.6 is 0 Å². The molecule has 0 saturated heterocycles. The molecule has 1 heterocycles. The van der Waals surface area contributed by atoms with Crippen LogP contribution in [0.1, 0.15) is 45.1 Å². The quantitative estimate of drug-likeness (QED) is 0.306. The summed E-state index contributed by atoms with van der Waals surface area (Å²) in [6.45, 7) is 8.73. The number of benzene rings is 3. The van der Waals surface area contributed by atoms with Gasteiger partial charge in [-0.15, -0.1) is 0 Å². The highest BCUT2D eigenvalue weighted by atomic mass is 16.3. The Morgan fingerprint density at radius 2 is 1.55 bits per heavy atom. The van der Waals surface area contributed by atoms with E-state index in [1.165, 1.54) is 48.1 Å². The highest BCUT2D eigenvalue weighted by Crippen LogP contribution is 2.40. The van der Waals surface area contributed by atoms with E-state index in [2.05, 4.69) is 68.1 Å². The lowest BCUT2D eigenvalue weighted by Gasteiger charge is -2.25. The van der Waals surface area contributed by atoms with Crippen LogP contribution < -0.4 is 10.3 Å². The van der Waals surface area contributed by atoms with Gasteiger partial charge in [-0.2, -0.15) is 0 Å². The van der Waals surface area contributed by atoms with Crippen LogP contribution in [0.2, 0.25) is 0 Å². The van der Waals surface area contributed by atoms with Crippen molar-refractivity contribution in [1.82, 2.24) is 0 Å². The minimum atomic E-state index is 0.467. The monoisotopic (exact) mass is 412 g/mol. The third kappa shape index (κ3) is 4.51. The fourth-order valence-corrected chi connectivity index (χ4v) is 4.17. The molecular formula is C28H32N2O. The van der Waals surface area contributed by atoms with E-state index in [0.717, 1.165) is 35.4 Å². The third-order valence-electron chi connectivity index (χ3n) is 5.97. The van der Waals surface area contributed by atoms with Gasteiger partial charge in [-0.25, -0.2) is 0 Å². The van der Waals surface area contributed by atoms with Crippen molar-refractivity contribution in [3.05, 3.63) is 71.6 Å². The van der Waals surface area contributed by atoms with Crippen molar-refractivity contribution >= 4 is 16.7 Å². The Kier molecular flexibility index (Phi) is 6.41. The third-order valence-corrected chi connectivity index (χ3v) is 5.97. The summed E-state index contributed by atoms with van der Waals surface area (Å²) in [4.78, 5) is 2.48. The van der Waals surface area contributed by atoms with E-state index in [-0.39, 0.29) is 0 Å². The Labute approximate surface area is 185 Å². The van der Waals surface area contributed by atoms with Gasteiger partial charge in [0.2, 0.25) is 0 Å². The van der Waals surface area contributed by atoms with Gasteiger partial charge in [0.25, 0.3) is 0 Å². The summed E-state index contributed by atoms with van der Waals surface area (Å²) in [5.74, 6) is 0.765. The zero-order valence-electron chi connectivity index (χ0n) is 18.9. The van der Waals surface area contributed by atoms with Gasteiger partial charge in [0.05, 0.1) is 5.36 Å². The van der Waals surface area contributed by atoms with Gasteiger partial charge in [0.1, 0.15) is 11.3 Å². The predicted molar refractivity (Wildman–Crippen MR) is 131 cm³/mol. The average molecular weight is 413 g/mol. The molecule has 1 N–H and O–H groups in total. The molecule has 0 saturated carbocycles. The number of nitrogens with zero attached hydrogens (tertiary/aromatic N) is 1. The van der Waals surface area contributed by atoms with Crippen molar-refractivity contribution in [3.63, 3.8) is 0 Å². The number of hydrogen-bond acceptors (Lipinski definition) is 3. The molecule has 3 heteroatoms. The maximum atomic E-state index is 8.08. The molecule has 0 aromatic heterocycles. The summed E-state index contributed by atoms with van der Waals surface area (Å²) < 4.78 is 6.37. The summed E-state index contributed by atoms with van der Waals surface area (Å²) in [5.41, 5.74) is 6.75. The molecule has 0 radical (unpaired) electrons. The summed E-state index contributed by atoms with van der Waals surface area (Å²) in [6, 6.07) is 21.0. The Morgan fingerprint density at radius 3 is 2.23 bits per heavy atom. The van der Waals surface area contributed by atoms with Gasteiger partial charge in [0.15, 0.2) is 0 Å². The molecule has 0 bridgehead atoms. The lowest BCUT2D eigenvalue weighted by atomic mass is 9.93. The first-order valence-corrected chi connectivity index (χ1v) is 11.5. The topological polar surface area (TPSA) is 40.2 Å². The number of fused-ring (bicyclic) bond motifs is 2. The van der Waals surface area contributed by atoms with E-state index in [1.807, 2.05) is 18.2 Å². The summed E-state index contributed by atoms with van der Waals surface area (Å²) in [7, 11) is 0. The second kappa shape index (κ2) is 9.38. The molecule has 0 atom stereocenters. The predicted octanol–water partition coefficient (Wildman–Crippen LogP) is 7.40. The van der Waals surface area contributed by atoms with Gasteiger partial charge in [-0.3, -0.25) is 0 Å². The molecule has 3 nitrogen and oxygen atoms in total. The highest BCUT2D eigenvalue weighted by molar-refractivity contribution is 6.02. The Morgan fingerprint density at radius 1 is 0.839 bits per heavy atom. The minimum absolute atomic E-state index is 0.467. The number of unbranched alkanes of at least 4 members (excludes halogenated alkanes) is 2. The van der Waals surface area contributed by atoms with Gasteiger partial charge in [0, 0.05) is 47.4 Å². The van der Waals surface area contributed by atoms with Crippen molar-refractivity contribution < 1.29 is 4.42 Å². The van der Waals surface area contributed by atoms with Crippen LogP contribution in [0, 0.1) is 12.3 Å². The maximum Gasteiger partial charge on any atom is 0.137 e. The molecule has 2 aromatic rings. The summed E-state index contributed by atoms with van der Waals surface area (Å²) >= 11 is 0. The van der Waals surface area contributed by atoms with Gasteiger partial charge >= 0.3 is 0 Å². The standard InChI is InChI=1S/C28H32N2O/c1-4-6-16-30(17-7-5-2)23-13-15-25-27(19-23)31-26-18-22(29)12-14-24(26)28(25)21-10-8-20(3)9-11-21/h8-15,18-19,29H,4-7,16-17H2,1-3H3. The van der Waals surface area contributed by atoms with Crippen LogP contribution in [0.4, 0.5) is 5.69 Å². The lowest BCUT2D eigenvalue weighted by Crippen LogP contribution is -2.25. The summed E-state index contributed by atoms with van der Waals surface area (Å²) in [6.07, 6.45) is 4.75. The van der Waals surface area contributed by atoms with Crippen LogP contribution in [0.5, 0.6) is 0 Å². The number of hydrogen-bond donors (Lipinski definition) is 1. The first kappa shape index (κ1) is 21.2. The molecule has 1 aliphatic heterocycles. The number of nitrogens with one attached hydrogen (secondary N) is 1. The van der Waals surface area contributed by atoms with Crippen LogP contribution in [-0.4, -0.2) is 13.1 Å². The average Bonchev–Trinajstić information content (AvgIpc) is 2.78. The van der Waals surface area contributed by atoms with Crippen LogP contribution in [0.25, 0.3) is 33.4 Å². The van der Waals surface area contributed by atoms with Gasteiger partial charge < -0.3 is 14.7 Å². The molecular weight excluding hydrogens is 380 g/mol. The lowest BCUT2D eigenvalue weighted by molar-refractivity contribution is 0.618. The maximum absolute atomic E-state index is 8.08. The molecule has 31 heavy (non-hydrogen) atoms. The zero-order valence-corrected chi connectivity index (χ0v) is 18.9. The number of rotatable bonds is 8. The SMILES string of the molecule is CCCCN(CCCC)c1ccc2c(-c3ccc(C)cc3)c3ccc(=N)cc-3oc2c1. The normalized spacial score (nSPS) is 11.3. The molecule has 1 aliphatic carbocycles. The summed E-state index contributed by atoms with van der Waals surface area (Å²) in [5, 5.41) is 9.66. The van der Waals surface area contributed by atoms with E-state index in [0.29, 0.717) is 5.36 Å². The Hall–Kier alpha value is -3.07. The first-order chi connectivity index (χ1) is 15.1. The molecule has 4 rings (SSSR count). The van der Waals surface area contributed by atoms with Crippen LogP contribution in [-0.2, 0) is 0 Å². The van der Waals surface area contributed by atoms with Crippen LogP contribution in [0.3, 0.4) is 0 Å². The van der Waals surface area contributed by atoms with Crippen molar-refractivity contribution in [3.8, 4) is 22.5 Å². The molecule has 160 valence electrons. The van der Waals surface area contributed by atoms with Crippen molar-refractivity contribution in [1.29, 1.82) is 5.41 Å². The van der Waals surface area contributed by atoms with E-state index < -0.39 is 0 Å². The van der Waals surface area contributed by atoms with Crippen LogP contribution in [0.15, 0.2) is 65.1 Å². The molecule has 0 unspecified atom stereocenters.